The van der Waals surface area contributed by atoms with Crippen molar-refractivity contribution in [2.45, 2.75) is 26.3 Å². The molecular weight excluding hydrogens is 232 g/mol. The van der Waals surface area contributed by atoms with E-state index < -0.39 is 12.0 Å². The maximum absolute atomic E-state index is 11.0. The van der Waals surface area contributed by atoms with Crippen LogP contribution in [0.2, 0.25) is 0 Å². The third-order valence-corrected chi connectivity index (χ3v) is 2.42. The summed E-state index contributed by atoms with van der Waals surface area (Å²) >= 11 is 0. The Morgan fingerprint density at radius 2 is 2.11 bits per heavy atom. The number of benzene rings is 1. The number of rotatable bonds is 6. The van der Waals surface area contributed by atoms with Gasteiger partial charge in [-0.15, -0.1) is 0 Å². The standard InChI is InChI=1S/C13H18N2O3/c1-3-14-11-6-4-5-10(7-11)8-12(13(17)18)15-9(2)16/h4-7,12,14H,3,8H2,1-2H3,(H,15,16)(H,17,18)/t12-/m0/s1. The van der Waals surface area contributed by atoms with E-state index in [1.165, 1.54) is 6.92 Å². The fraction of sp³-hybridized carbons (Fsp3) is 0.385. The Balaban J connectivity index is 2.76. The van der Waals surface area contributed by atoms with E-state index in [2.05, 4.69) is 10.6 Å². The van der Waals surface area contributed by atoms with E-state index in [0.717, 1.165) is 17.8 Å². The van der Waals surface area contributed by atoms with Crippen molar-refractivity contribution >= 4 is 17.6 Å². The monoisotopic (exact) mass is 250 g/mol. The van der Waals surface area contributed by atoms with Gasteiger partial charge >= 0.3 is 5.97 Å². The van der Waals surface area contributed by atoms with Crippen LogP contribution in [-0.4, -0.2) is 29.6 Å². The van der Waals surface area contributed by atoms with E-state index in [4.69, 9.17) is 5.11 Å². The molecule has 1 atom stereocenters. The van der Waals surface area contributed by atoms with Gasteiger partial charge in [-0.2, -0.15) is 0 Å². The predicted octanol–water partition coefficient (Wildman–Crippen LogP) is 1.25. The average Bonchev–Trinajstić information content (AvgIpc) is 2.28. The van der Waals surface area contributed by atoms with Crippen molar-refractivity contribution in [3.05, 3.63) is 29.8 Å². The SMILES string of the molecule is CCNc1cccc(C[C@H](NC(C)=O)C(=O)O)c1. The molecule has 0 aromatic heterocycles. The molecule has 0 bridgehead atoms. The molecule has 0 aliphatic heterocycles. The van der Waals surface area contributed by atoms with Gasteiger partial charge in [0.25, 0.3) is 0 Å². The van der Waals surface area contributed by atoms with Crippen LogP contribution >= 0.6 is 0 Å². The van der Waals surface area contributed by atoms with E-state index in [1.807, 2.05) is 31.2 Å². The van der Waals surface area contributed by atoms with Gasteiger partial charge in [0.1, 0.15) is 6.04 Å². The van der Waals surface area contributed by atoms with Gasteiger partial charge in [0.05, 0.1) is 0 Å². The number of hydrogen-bond acceptors (Lipinski definition) is 3. The van der Waals surface area contributed by atoms with E-state index in [1.54, 1.807) is 0 Å². The molecule has 0 spiro atoms. The highest BCUT2D eigenvalue weighted by atomic mass is 16.4. The number of hydrogen-bond donors (Lipinski definition) is 3. The first-order chi connectivity index (χ1) is 8.52. The Hall–Kier alpha value is -2.04. The van der Waals surface area contributed by atoms with Crippen molar-refractivity contribution in [3.8, 4) is 0 Å². The van der Waals surface area contributed by atoms with Gasteiger partial charge in [-0.1, -0.05) is 12.1 Å². The summed E-state index contributed by atoms with van der Waals surface area (Å²) < 4.78 is 0. The Morgan fingerprint density at radius 1 is 1.39 bits per heavy atom. The van der Waals surface area contributed by atoms with E-state index >= 15 is 0 Å². The molecular formula is C13H18N2O3. The molecule has 0 saturated carbocycles. The summed E-state index contributed by atoms with van der Waals surface area (Å²) in [7, 11) is 0. The second-order valence-corrected chi connectivity index (χ2v) is 4.03. The normalized spacial score (nSPS) is 11.7. The number of aliphatic carboxylic acids is 1. The van der Waals surface area contributed by atoms with Crippen molar-refractivity contribution in [2.75, 3.05) is 11.9 Å². The minimum Gasteiger partial charge on any atom is -0.480 e. The zero-order chi connectivity index (χ0) is 13.5. The molecule has 0 unspecified atom stereocenters. The molecule has 0 fully saturated rings. The van der Waals surface area contributed by atoms with Crippen LogP contribution in [-0.2, 0) is 16.0 Å². The van der Waals surface area contributed by atoms with Crippen molar-refractivity contribution in [1.29, 1.82) is 0 Å². The van der Waals surface area contributed by atoms with Crippen LogP contribution in [0.5, 0.6) is 0 Å². The fourth-order valence-electron chi connectivity index (χ4n) is 1.69. The zero-order valence-electron chi connectivity index (χ0n) is 10.6. The number of carboxylic acids is 1. The van der Waals surface area contributed by atoms with Gasteiger partial charge in [-0.25, -0.2) is 4.79 Å². The molecule has 0 aliphatic rings. The molecule has 0 heterocycles. The van der Waals surface area contributed by atoms with E-state index in [-0.39, 0.29) is 12.3 Å². The summed E-state index contributed by atoms with van der Waals surface area (Å²) in [5.74, 6) is -1.37. The summed E-state index contributed by atoms with van der Waals surface area (Å²) in [5.41, 5.74) is 1.82. The van der Waals surface area contributed by atoms with Gasteiger partial charge in [-0.05, 0) is 24.6 Å². The minimum absolute atomic E-state index is 0.272. The molecule has 0 saturated heterocycles. The number of amides is 1. The maximum atomic E-state index is 11.0. The summed E-state index contributed by atoms with van der Waals surface area (Å²) in [5, 5.41) is 14.6. The minimum atomic E-state index is -1.03. The van der Waals surface area contributed by atoms with Crippen LogP contribution in [0, 0.1) is 0 Å². The average molecular weight is 250 g/mol. The van der Waals surface area contributed by atoms with Crippen molar-refractivity contribution in [3.63, 3.8) is 0 Å². The molecule has 18 heavy (non-hydrogen) atoms. The van der Waals surface area contributed by atoms with Gasteiger partial charge < -0.3 is 15.7 Å². The summed E-state index contributed by atoms with van der Waals surface area (Å²) in [6, 6.07) is 6.63. The van der Waals surface area contributed by atoms with Crippen LogP contribution < -0.4 is 10.6 Å². The van der Waals surface area contributed by atoms with Crippen molar-refractivity contribution in [1.82, 2.24) is 5.32 Å². The number of nitrogens with one attached hydrogen (secondary N) is 2. The highest BCUT2D eigenvalue weighted by Crippen LogP contribution is 2.12. The smallest absolute Gasteiger partial charge is 0.326 e. The fourth-order valence-corrected chi connectivity index (χ4v) is 1.69. The molecule has 0 radical (unpaired) electrons. The van der Waals surface area contributed by atoms with Gasteiger partial charge in [-0.3, -0.25) is 4.79 Å². The van der Waals surface area contributed by atoms with Crippen LogP contribution in [0.3, 0.4) is 0 Å². The summed E-state index contributed by atoms with van der Waals surface area (Å²) in [4.78, 5) is 22.0. The number of carbonyl (C=O) groups is 2. The van der Waals surface area contributed by atoms with Crippen LogP contribution in [0.25, 0.3) is 0 Å². The van der Waals surface area contributed by atoms with Crippen molar-refractivity contribution < 1.29 is 14.7 Å². The summed E-state index contributed by atoms with van der Waals surface area (Å²) in [6.45, 7) is 4.10. The highest BCUT2D eigenvalue weighted by molar-refractivity contribution is 5.82. The third kappa shape index (κ3) is 4.45. The van der Waals surface area contributed by atoms with Crippen LogP contribution in [0.15, 0.2) is 24.3 Å². The van der Waals surface area contributed by atoms with E-state index in [0.29, 0.717) is 0 Å². The first-order valence-corrected chi connectivity index (χ1v) is 5.85. The Bertz CT molecular complexity index is 432. The number of carboxylic acid groups (broad SMARTS) is 1. The quantitative estimate of drug-likeness (QED) is 0.710. The molecule has 1 rings (SSSR count). The summed E-state index contributed by atoms with van der Waals surface area (Å²) in [6.07, 6.45) is 0.272. The third-order valence-electron chi connectivity index (χ3n) is 2.42. The number of anilines is 1. The Kier molecular flexibility index (Phi) is 5.17. The molecule has 98 valence electrons. The van der Waals surface area contributed by atoms with Gasteiger partial charge in [0, 0.05) is 25.6 Å². The molecule has 5 heteroatoms. The van der Waals surface area contributed by atoms with Gasteiger partial charge in [0.2, 0.25) is 5.91 Å². The molecule has 0 aliphatic carbocycles. The lowest BCUT2D eigenvalue weighted by molar-refractivity contribution is -0.141. The first-order valence-electron chi connectivity index (χ1n) is 5.85. The molecule has 1 aromatic rings. The van der Waals surface area contributed by atoms with Crippen LogP contribution in [0.1, 0.15) is 19.4 Å². The molecule has 5 nitrogen and oxygen atoms in total. The topological polar surface area (TPSA) is 78.4 Å². The van der Waals surface area contributed by atoms with Gasteiger partial charge in [0.15, 0.2) is 0 Å². The molecule has 3 N–H and O–H groups in total. The van der Waals surface area contributed by atoms with Crippen molar-refractivity contribution in [2.24, 2.45) is 0 Å². The van der Waals surface area contributed by atoms with E-state index in [9.17, 15) is 9.59 Å². The lowest BCUT2D eigenvalue weighted by Crippen LogP contribution is -2.41. The first kappa shape index (κ1) is 14.0. The largest absolute Gasteiger partial charge is 0.480 e. The Morgan fingerprint density at radius 3 is 2.67 bits per heavy atom. The second-order valence-electron chi connectivity index (χ2n) is 4.03. The zero-order valence-corrected chi connectivity index (χ0v) is 10.6. The maximum Gasteiger partial charge on any atom is 0.326 e. The lowest BCUT2D eigenvalue weighted by Gasteiger charge is -2.14. The lowest BCUT2D eigenvalue weighted by atomic mass is 10.1. The number of carbonyl (C=O) groups excluding carboxylic acids is 1. The Labute approximate surface area is 106 Å². The molecule has 1 aromatic carbocycles. The predicted molar refractivity (Wildman–Crippen MR) is 69.6 cm³/mol. The van der Waals surface area contributed by atoms with Crippen LogP contribution in [0.4, 0.5) is 5.69 Å². The molecule has 1 amide bonds. The second kappa shape index (κ2) is 6.64. The highest BCUT2D eigenvalue weighted by Gasteiger charge is 2.18.